The van der Waals surface area contributed by atoms with Gasteiger partial charge in [-0.25, -0.2) is 0 Å². The smallest absolute Gasteiger partial charge is 0.234 e. The topological polar surface area (TPSA) is 64.7 Å². The monoisotopic (exact) mass is 368 g/mol. The normalized spacial score (nSPS) is 21.3. The summed E-state index contributed by atoms with van der Waals surface area (Å²) in [7, 11) is 0. The SMILES string of the molecule is CCNC(=O)CN1CCN(C(=O)CCC2CCNC2)CC1.Cl.Cl. The van der Waals surface area contributed by atoms with Gasteiger partial charge in [0.25, 0.3) is 0 Å². The van der Waals surface area contributed by atoms with Gasteiger partial charge in [0.1, 0.15) is 0 Å². The summed E-state index contributed by atoms with van der Waals surface area (Å²) in [6.45, 7) is 8.31. The zero-order valence-electron chi connectivity index (χ0n) is 13.9. The number of amides is 2. The van der Waals surface area contributed by atoms with Crippen molar-refractivity contribution >= 4 is 36.6 Å². The molecular weight excluding hydrogens is 339 g/mol. The molecule has 2 amide bonds. The van der Waals surface area contributed by atoms with E-state index in [-0.39, 0.29) is 36.6 Å². The largest absolute Gasteiger partial charge is 0.355 e. The van der Waals surface area contributed by atoms with E-state index in [2.05, 4.69) is 15.5 Å². The Hall–Kier alpha value is -0.560. The van der Waals surface area contributed by atoms with Crippen molar-refractivity contribution in [3.8, 4) is 0 Å². The molecule has 0 aromatic rings. The molecule has 2 heterocycles. The van der Waals surface area contributed by atoms with E-state index in [0.29, 0.717) is 25.4 Å². The summed E-state index contributed by atoms with van der Waals surface area (Å²) >= 11 is 0. The van der Waals surface area contributed by atoms with Crippen LogP contribution in [0.25, 0.3) is 0 Å². The average molecular weight is 369 g/mol. The number of halogens is 2. The second-order valence-corrected chi connectivity index (χ2v) is 6.01. The van der Waals surface area contributed by atoms with Gasteiger partial charge in [0.05, 0.1) is 6.54 Å². The van der Waals surface area contributed by atoms with Crippen LogP contribution in [-0.4, -0.2) is 74.0 Å². The third-order valence-corrected chi connectivity index (χ3v) is 4.39. The predicted molar refractivity (Wildman–Crippen MR) is 96.4 cm³/mol. The summed E-state index contributed by atoms with van der Waals surface area (Å²) in [6, 6.07) is 0. The lowest BCUT2D eigenvalue weighted by Gasteiger charge is -2.34. The first kappa shape index (κ1) is 22.4. The summed E-state index contributed by atoms with van der Waals surface area (Å²) in [5.41, 5.74) is 0. The summed E-state index contributed by atoms with van der Waals surface area (Å²) in [4.78, 5) is 27.8. The van der Waals surface area contributed by atoms with E-state index >= 15 is 0 Å². The third kappa shape index (κ3) is 7.70. The van der Waals surface area contributed by atoms with Crippen LogP contribution in [0.3, 0.4) is 0 Å². The van der Waals surface area contributed by atoms with Crippen LogP contribution in [0.4, 0.5) is 0 Å². The number of hydrogen-bond donors (Lipinski definition) is 2. The fourth-order valence-corrected chi connectivity index (χ4v) is 3.06. The summed E-state index contributed by atoms with van der Waals surface area (Å²) in [6.07, 6.45) is 2.88. The lowest BCUT2D eigenvalue weighted by Crippen LogP contribution is -2.51. The molecule has 2 aliphatic heterocycles. The van der Waals surface area contributed by atoms with Crippen molar-refractivity contribution in [1.29, 1.82) is 0 Å². The maximum atomic E-state index is 12.2. The van der Waals surface area contributed by atoms with Gasteiger partial charge in [-0.3, -0.25) is 14.5 Å². The molecule has 0 aliphatic carbocycles. The van der Waals surface area contributed by atoms with Crippen LogP contribution in [0, 0.1) is 5.92 Å². The van der Waals surface area contributed by atoms with Crippen molar-refractivity contribution < 1.29 is 9.59 Å². The quantitative estimate of drug-likeness (QED) is 0.716. The molecule has 0 aromatic carbocycles. The number of carbonyl (C=O) groups excluding carboxylic acids is 2. The lowest BCUT2D eigenvalue weighted by atomic mass is 10.0. The molecule has 2 aliphatic rings. The van der Waals surface area contributed by atoms with Crippen LogP contribution < -0.4 is 10.6 Å². The Balaban J connectivity index is 0.00000242. The number of rotatable bonds is 6. The van der Waals surface area contributed by atoms with Crippen LogP contribution in [0.2, 0.25) is 0 Å². The molecule has 0 saturated carbocycles. The number of hydrogen-bond acceptors (Lipinski definition) is 4. The molecule has 2 saturated heterocycles. The van der Waals surface area contributed by atoms with Crippen molar-refractivity contribution in [1.82, 2.24) is 20.4 Å². The van der Waals surface area contributed by atoms with Gasteiger partial charge in [-0.1, -0.05) is 0 Å². The Morgan fingerprint density at radius 2 is 1.87 bits per heavy atom. The first-order valence-electron chi connectivity index (χ1n) is 8.16. The van der Waals surface area contributed by atoms with E-state index in [0.717, 1.165) is 45.7 Å². The van der Waals surface area contributed by atoms with Crippen molar-refractivity contribution in [2.45, 2.75) is 26.2 Å². The Morgan fingerprint density at radius 3 is 2.43 bits per heavy atom. The maximum absolute atomic E-state index is 12.2. The zero-order valence-corrected chi connectivity index (χ0v) is 15.5. The first-order valence-corrected chi connectivity index (χ1v) is 8.16. The molecule has 136 valence electrons. The molecule has 0 radical (unpaired) electrons. The zero-order chi connectivity index (χ0) is 15.1. The van der Waals surface area contributed by atoms with Crippen LogP contribution in [-0.2, 0) is 9.59 Å². The molecule has 8 heteroatoms. The third-order valence-electron chi connectivity index (χ3n) is 4.39. The Bertz CT molecular complexity index is 357. The number of likely N-dealkylation sites (N-methyl/N-ethyl adjacent to an activating group) is 1. The van der Waals surface area contributed by atoms with E-state index < -0.39 is 0 Å². The number of carbonyl (C=O) groups is 2. The van der Waals surface area contributed by atoms with Gasteiger partial charge in [0.15, 0.2) is 0 Å². The van der Waals surface area contributed by atoms with Gasteiger partial charge >= 0.3 is 0 Å². The van der Waals surface area contributed by atoms with Crippen LogP contribution in [0.1, 0.15) is 26.2 Å². The van der Waals surface area contributed by atoms with Gasteiger partial charge in [-0.05, 0) is 38.8 Å². The van der Waals surface area contributed by atoms with E-state index in [1.165, 1.54) is 6.42 Å². The van der Waals surface area contributed by atoms with E-state index in [9.17, 15) is 9.59 Å². The summed E-state index contributed by atoms with van der Waals surface area (Å²) in [5.74, 6) is 1.03. The van der Waals surface area contributed by atoms with Crippen molar-refractivity contribution in [3.05, 3.63) is 0 Å². The minimum absolute atomic E-state index is 0. The van der Waals surface area contributed by atoms with Gasteiger partial charge < -0.3 is 15.5 Å². The summed E-state index contributed by atoms with van der Waals surface area (Å²) < 4.78 is 0. The van der Waals surface area contributed by atoms with Crippen molar-refractivity contribution in [2.24, 2.45) is 5.92 Å². The Kier molecular flexibility index (Phi) is 11.6. The van der Waals surface area contributed by atoms with Gasteiger partial charge in [-0.2, -0.15) is 0 Å². The predicted octanol–water partition coefficient (Wildman–Crippen LogP) is 0.500. The molecule has 0 aromatic heterocycles. The molecule has 2 N–H and O–H groups in total. The minimum Gasteiger partial charge on any atom is -0.355 e. The highest BCUT2D eigenvalue weighted by molar-refractivity contribution is 5.85. The highest BCUT2D eigenvalue weighted by Crippen LogP contribution is 2.15. The van der Waals surface area contributed by atoms with E-state index in [4.69, 9.17) is 0 Å². The molecule has 2 fully saturated rings. The highest BCUT2D eigenvalue weighted by atomic mass is 35.5. The van der Waals surface area contributed by atoms with Crippen LogP contribution in [0.15, 0.2) is 0 Å². The minimum atomic E-state index is 0. The standard InChI is InChI=1S/C15H28N4O2.2ClH/c1-2-17-14(20)12-18-7-9-19(10-8-18)15(21)4-3-13-5-6-16-11-13;;/h13,16H,2-12H2,1H3,(H,17,20);2*1H. The molecule has 6 nitrogen and oxygen atoms in total. The molecule has 1 unspecified atom stereocenters. The fourth-order valence-electron chi connectivity index (χ4n) is 3.06. The molecule has 2 rings (SSSR count). The van der Waals surface area contributed by atoms with E-state index in [1.54, 1.807) is 0 Å². The van der Waals surface area contributed by atoms with Gasteiger partial charge in [-0.15, -0.1) is 24.8 Å². The first-order chi connectivity index (χ1) is 10.2. The second kappa shape index (κ2) is 11.9. The Labute approximate surface area is 151 Å². The number of piperazine rings is 1. The van der Waals surface area contributed by atoms with Gasteiger partial charge in [0.2, 0.25) is 11.8 Å². The maximum Gasteiger partial charge on any atom is 0.234 e. The van der Waals surface area contributed by atoms with Crippen LogP contribution >= 0.6 is 24.8 Å². The lowest BCUT2D eigenvalue weighted by molar-refractivity contribution is -0.133. The molecule has 0 bridgehead atoms. The number of nitrogens with zero attached hydrogens (tertiary/aromatic N) is 2. The van der Waals surface area contributed by atoms with Gasteiger partial charge in [0, 0.05) is 39.1 Å². The second-order valence-electron chi connectivity index (χ2n) is 6.01. The molecule has 0 spiro atoms. The van der Waals surface area contributed by atoms with Crippen molar-refractivity contribution in [3.63, 3.8) is 0 Å². The number of nitrogens with one attached hydrogen (secondary N) is 2. The molecule has 23 heavy (non-hydrogen) atoms. The molecule has 1 atom stereocenters. The van der Waals surface area contributed by atoms with E-state index in [1.807, 2.05) is 11.8 Å². The molecular formula is C15H30Cl2N4O2. The Morgan fingerprint density at radius 1 is 1.17 bits per heavy atom. The average Bonchev–Trinajstić information content (AvgIpc) is 2.99. The summed E-state index contributed by atoms with van der Waals surface area (Å²) in [5, 5.41) is 6.15. The highest BCUT2D eigenvalue weighted by Gasteiger charge is 2.23. The van der Waals surface area contributed by atoms with Crippen molar-refractivity contribution in [2.75, 3.05) is 52.4 Å². The fraction of sp³-hybridized carbons (Fsp3) is 0.867. The van der Waals surface area contributed by atoms with Crippen LogP contribution in [0.5, 0.6) is 0 Å².